The summed E-state index contributed by atoms with van der Waals surface area (Å²) in [5.74, 6) is -1.39. The summed E-state index contributed by atoms with van der Waals surface area (Å²) in [5, 5.41) is 10.4. The van der Waals surface area contributed by atoms with Crippen molar-refractivity contribution in [2.75, 3.05) is 6.61 Å². The zero-order valence-corrected chi connectivity index (χ0v) is 6.25. The summed E-state index contributed by atoms with van der Waals surface area (Å²) in [5.41, 5.74) is -1.39. The lowest BCUT2D eigenvalue weighted by Crippen LogP contribution is -2.51. The number of hydrogen-bond acceptors (Lipinski definition) is 4. The maximum atomic E-state index is 10.8. The summed E-state index contributed by atoms with van der Waals surface area (Å²) in [7, 11) is 0. The number of hydrogen-bond donors (Lipinski definition) is 0. The molecule has 0 aromatic carbocycles. The van der Waals surface area contributed by atoms with Gasteiger partial charge in [-0.25, -0.2) is 0 Å². The van der Waals surface area contributed by atoms with Crippen molar-refractivity contribution in [3.05, 3.63) is 0 Å². The van der Waals surface area contributed by atoms with Gasteiger partial charge in [-0.15, -0.1) is 0 Å². The van der Waals surface area contributed by atoms with E-state index < -0.39 is 11.6 Å². The van der Waals surface area contributed by atoms with Gasteiger partial charge in [-0.2, -0.15) is 0 Å². The first-order chi connectivity index (χ1) is 5.04. The summed E-state index contributed by atoms with van der Waals surface area (Å²) in [4.78, 5) is 21.2. The Bertz CT molecular complexity index is 199. The van der Waals surface area contributed by atoms with Gasteiger partial charge in [0.15, 0.2) is 0 Å². The first kappa shape index (κ1) is 8.20. The zero-order valence-electron chi connectivity index (χ0n) is 6.25. The highest BCUT2D eigenvalue weighted by Gasteiger charge is 2.33. The van der Waals surface area contributed by atoms with Gasteiger partial charge in [-0.1, -0.05) is 0 Å². The number of aliphatic carboxylic acids is 1. The average Bonchev–Trinajstić information content (AvgIpc) is 1.86. The first-order valence-corrected chi connectivity index (χ1v) is 3.42. The Morgan fingerprint density at radius 1 is 1.73 bits per heavy atom. The normalized spacial score (nSPS) is 31.9. The lowest BCUT2D eigenvalue weighted by molar-refractivity contribution is -0.327. The third-order valence-corrected chi connectivity index (χ3v) is 1.77. The highest BCUT2D eigenvalue weighted by Crippen LogP contribution is 2.20. The molecule has 1 atom stereocenters. The van der Waals surface area contributed by atoms with E-state index in [0.29, 0.717) is 6.42 Å². The summed E-state index contributed by atoms with van der Waals surface area (Å²) < 4.78 is 4.91. The van der Waals surface area contributed by atoms with E-state index >= 15 is 0 Å². The van der Waals surface area contributed by atoms with Crippen LogP contribution in [0.1, 0.15) is 19.8 Å². The van der Waals surface area contributed by atoms with Crippen molar-refractivity contribution in [1.29, 1.82) is 0 Å². The van der Waals surface area contributed by atoms with Gasteiger partial charge in [-0.05, 0) is 6.92 Å². The lowest BCUT2D eigenvalue weighted by Gasteiger charge is -2.33. The number of ketones is 1. The van der Waals surface area contributed by atoms with Crippen LogP contribution in [0, 0.1) is 0 Å². The molecule has 1 rings (SSSR count). The molecule has 1 unspecified atom stereocenters. The van der Waals surface area contributed by atoms with E-state index in [1.807, 2.05) is 0 Å². The van der Waals surface area contributed by atoms with Gasteiger partial charge in [0.1, 0.15) is 11.4 Å². The molecule has 0 aromatic heterocycles. The second kappa shape index (κ2) is 2.62. The molecule has 62 valence electrons. The van der Waals surface area contributed by atoms with Gasteiger partial charge in [0.2, 0.25) is 0 Å². The molecule has 0 aromatic rings. The van der Waals surface area contributed by atoms with Crippen LogP contribution in [0.4, 0.5) is 0 Å². The fourth-order valence-electron chi connectivity index (χ4n) is 1.04. The molecule has 0 aliphatic carbocycles. The van der Waals surface area contributed by atoms with Crippen LogP contribution in [0.15, 0.2) is 0 Å². The van der Waals surface area contributed by atoms with Crippen LogP contribution in [0.5, 0.6) is 0 Å². The van der Waals surface area contributed by atoms with Gasteiger partial charge in [0.25, 0.3) is 0 Å². The largest absolute Gasteiger partial charge is 0.547 e. The predicted molar refractivity (Wildman–Crippen MR) is 33.6 cm³/mol. The van der Waals surface area contributed by atoms with E-state index in [0.717, 1.165) is 0 Å². The highest BCUT2D eigenvalue weighted by atomic mass is 16.5. The number of carboxylic acid groups (broad SMARTS) is 1. The van der Waals surface area contributed by atoms with Crippen molar-refractivity contribution >= 4 is 11.8 Å². The minimum absolute atomic E-state index is 0.0741. The standard InChI is InChI=1S/C7H10O4/c1-7(6(9)10)4-5(8)2-3-11-7/h2-4H2,1H3,(H,9,10)/p-1. The van der Waals surface area contributed by atoms with Crippen LogP contribution >= 0.6 is 0 Å². The molecule has 1 aliphatic heterocycles. The van der Waals surface area contributed by atoms with E-state index in [4.69, 9.17) is 4.74 Å². The molecular weight excluding hydrogens is 148 g/mol. The van der Waals surface area contributed by atoms with Crippen molar-refractivity contribution in [2.45, 2.75) is 25.4 Å². The molecular formula is C7H9O4-. The van der Waals surface area contributed by atoms with Gasteiger partial charge < -0.3 is 14.6 Å². The first-order valence-electron chi connectivity index (χ1n) is 3.42. The van der Waals surface area contributed by atoms with Gasteiger partial charge >= 0.3 is 0 Å². The van der Waals surface area contributed by atoms with Gasteiger partial charge in [0.05, 0.1) is 12.6 Å². The summed E-state index contributed by atoms with van der Waals surface area (Å²) in [6, 6.07) is 0. The molecule has 0 radical (unpaired) electrons. The number of rotatable bonds is 1. The van der Waals surface area contributed by atoms with Crippen LogP contribution in [0.25, 0.3) is 0 Å². The Hall–Kier alpha value is -0.900. The Labute approximate surface area is 64.2 Å². The highest BCUT2D eigenvalue weighted by molar-refractivity contribution is 5.88. The molecule has 1 fully saturated rings. The van der Waals surface area contributed by atoms with E-state index in [-0.39, 0.29) is 18.8 Å². The predicted octanol–water partition coefficient (Wildman–Crippen LogP) is -1.13. The second-order valence-electron chi connectivity index (χ2n) is 2.83. The number of Topliss-reactive ketones (excluding diaryl/α,β-unsaturated/α-hetero) is 1. The number of ether oxygens (including phenoxy) is 1. The monoisotopic (exact) mass is 157 g/mol. The van der Waals surface area contributed by atoms with E-state index in [9.17, 15) is 14.7 Å². The van der Waals surface area contributed by atoms with E-state index in [2.05, 4.69) is 0 Å². The van der Waals surface area contributed by atoms with Gasteiger partial charge in [0, 0.05) is 12.8 Å². The molecule has 11 heavy (non-hydrogen) atoms. The Balaban J connectivity index is 2.70. The van der Waals surface area contributed by atoms with Gasteiger partial charge in [-0.3, -0.25) is 4.79 Å². The number of carbonyl (C=O) groups excluding carboxylic acids is 2. The van der Waals surface area contributed by atoms with Crippen molar-refractivity contribution in [3.63, 3.8) is 0 Å². The fraction of sp³-hybridized carbons (Fsp3) is 0.714. The Kier molecular flexibility index (Phi) is 1.95. The van der Waals surface area contributed by atoms with Crippen molar-refractivity contribution in [1.82, 2.24) is 0 Å². The van der Waals surface area contributed by atoms with Crippen LogP contribution in [0.2, 0.25) is 0 Å². The van der Waals surface area contributed by atoms with Crippen LogP contribution in [-0.4, -0.2) is 24.0 Å². The number of carboxylic acids is 1. The fourth-order valence-corrected chi connectivity index (χ4v) is 1.04. The minimum Gasteiger partial charge on any atom is -0.547 e. The zero-order chi connectivity index (χ0) is 8.48. The molecule has 0 spiro atoms. The molecule has 1 aliphatic rings. The molecule has 0 N–H and O–H groups in total. The quantitative estimate of drug-likeness (QED) is 0.483. The third kappa shape index (κ3) is 1.57. The topological polar surface area (TPSA) is 66.4 Å². The molecule has 1 heterocycles. The maximum Gasteiger partial charge on any atom is 0.138 e. The molecule has 4 nitrogen and oxygen atoms in total. The summed E-state index contributed by atoms with van der Waals surface area (Å²) >= 11 is 0. The Morgan fingerprint density at radius 3 is 2.73 bits per heavy atom. The van der Waals surface area contributed by atoms with E-state index in [1.165, 1.54) is 6.92 Å². The SMILES string of the molecule is CC1(C(=O)[O-])CC(=O)CCO1. The molecule has 4 heteroatoms. The van der Waals surface area contributed by atoms with E-state index in [1.54, 1.807) is 0 Å². The van der Waals surface area contributed by atoms with Crippen LogP contribution in [0.3, 0.4) is 0 Å². The van der Waals surface area contributed by atoms with Crippen molar-refractivity contribution < 1.29 is 19.4 Å². The second-order valence-corrected chi connectivity index (χ2v) is 2.83. The Morgan fingerprint density at radius 2 is 2.36 bits per heavy atom. The molecule has 0 amide bonds. The lowest BCUT2D eigenvalue weighted by atomic mass is 9.95. The van der Waals surface area contributed by atoms with Crippen molar-refractivity contribution in [2.24, 2.45) is 0 Å². The smallest absolute Gasteiger partial charge is 0.138 e. The average molecular weight is 157 g/mol. The van der Waals surface area contributed by atoms with Crippen LogP contribution < -0.4 is 5.11 Å². The maximum absolute atomic E-state index is 10.8. The number of carbonyl (C=O) groups is 2. The summed E-state index contributed by atoms with van der Waals surface area (Å²) in [6.45, 7) is 1.54. The molecule has 1 saturated heterocycles. The third-order valence-electron chi connectivity index (χ3n) is 1.77. The summed E-state index contributed by atoms with van der Waals surface area (Å²) in [6.07, 6.45) is 0.234. The van der Waals surface area contributed by atoms with Crippen molar-refractivity contribution in [3.8, 4) is 0 Å². The molecule has 0 saturated carbocycles. The minimum atomic E-state index is -1.39. The molecule has 0 bridgehead atoms. The van der Waals surface area contributed by atoms with Crippen LogP contribution in [-0.2, 0) is 14.3 Å².